The molecule has 0 aromatic heterocycles. The summed E-state index contributed by atoms with van der Waals surface area (Å²) in [5.74, 6) is 0.664. The Kier molecular flexibility index (Phi) is 5.12. The molecule has 0 rings (SSSR count). The second-order valence-corrected chi connectivity index (χ2v) is 3.15. The highest BCUT2D eigenvalue weighted by Gasteiger charge is 2.08. The molecule has 0 aromatic carbocycles. The van der Waals surface area contributed by atoms with Crippen molar-refractivity contribution in [1.82, 2.24) is 0 Å². The van der Waals surface area contributed by atoms with Gasteiger partial charge in [-0.05, 0) is 12.8 Å². The van der Waals surface area contributed by atoms with Gasteiger partial charge in [-0.1, -0.05) is 20.8 Å². The van der Waals surface area contributed by atoms with Crippen LogP contribution in [0.15, 0.2) is 0 Å². The van der Waals surface area contributed by atoms with Crippen LogP contribution in [0.2, 0.25) is 0 Å². The maximum Gasteiger partial charge on any atom is 0.158 e. The van der Waals surface area contributed by atoms with Gasteiger partial charge in [0.2, 0.25) is 0 Å². The highest BCUT2D eigenvalue weighted by Crippen LogP contribution is 2.04. The van der Waals surface area contributed by atoms with E-state index in [1.807, 2.05) is 13.8 Å². The average Bonchev–Trinajstić information content (AvgIpc) is 1.99. The smallest absolute Gasteiger partial charge is 0.158 e. The van der Waals surface area contributed by atoms with E-state index in [1.54, 1.807) is 0 Å². The van der Waals surface area contributed by atoms with Crippen molar-refractivity contribution >= 4 is 5.78 Å². The standard InChI is InChI=1S/C9H18O2/c1-5-9(10)6-11-8(4)7(2)3/h7-8H,5-6H2,1-4H3. The third kappa shape index (κ3) is 4.96. The van der Waals surface area contributed by atoms with Gasteiger partial charge in [0.1, 0.15) is 6.61 Å². The molecule has 0 radical (unpaired) electrons. The number of ether oxygens (including phenoxy) is 1. The van der Waals surface area contributed by atoms with Crippen LogP contribution in [0.3, 0.4) is 0 Å². The predicted molar refractivity (Wildman–Crippen MR) is 45.6 cm³/mol. The van der Waals surface area contributed by atoms with Crippen LogP contribution in [0.1, 0.15) is 34.1 Å². The van der Waals surface area contributed by atoms with Gasteiger partial charge < -0.3 is 4.74 Å². The molecular weight excluding hydrogens is 140 g/mol. The molecule has 0 aromatic rings. The third-order valence-corrected chi connectivity index (χ3v) is 1.84. The van der Waals surface area contributed by atoms with E-state index in [-0.39, 0.29) is 18.5 Å². The Labute approximate surface area is 68.9 Å². The van der Waals surface area contributed by atoms with E-state index in [9.17, 15) is 4.79 Å². The summed E-state index contributed by atoms with van der Waals surface area (Å²) < 4.78 is 5.31. The molecule has 0 bridgehead atoms. The monoisotopic (exact) mass is 158 g/mol. The molecule has 0 aliphatic heterocycles. The maximum absolute atomic E-state index is 10.8. The summed E-state index contributed by atoms with van der Waals surface area (Å²) in [4.78, 5) is 10.8. The molecule has 2 nitrogen and oxygen atoms in total. The largest absolute Gasteiger partial charge is 0.370 e. The molecule has 0 saturated carbocycles. The average molecular weight is 158 g/mol. The van der Waals surface area contributed by atoms with Crippen molar-refractivity contribution in [1.29, 1.82) is 0 Å². The number of hydrogen-bond donors (Lipinski definition) is 0. The number of rotatable bonds is 5. The van der Waals surface area contributed by atoms with E-state index in [2.05, 4.69) is 13.8 Å². The Balaban J connectivity index is 3.45. The van der Waals surface area contributed by atoms with Crippen LogP contribution >= 0.6 is 0 Å². The van der Waals surface area contributed by atoms with Crippen LogP contribution in [-0.2, 0) is 9.53 Å². The van der Waals surface area contributed by atoms with Crippen LogP contribution in [-0.4, -0.2) is 18.5 Å². The van der Waals surface area contributed by atoms with Gasteiger partial charge in [0.15, 0.2) is 5.78 Å². The van der Waals surface area contributed by atoms with Crippen LogP contribution in [0.25, 0.3) is 0 Å². The Bertz CT molecular complexity index is 119. The normalized spacial score (nSPS) is 13.5. The molecule has 0 N–H and O–H groups in total. The first kappa shape index (κ1) is 10.6. The van der Waals surface area contributed by atoms with Crippen molar-refractivity contribution < 1.29 is 9.53 Å². The lowest BCUT2D eigenvalue weighted by atomic mass is 10.1. The minimum atomic E-state index is 0.178. The molecular formula is C9H18O2. The summed E-state index contributed by atoms with van der Waals surface area (Å²) in [6, 6.07) is 0. The molecule has 0 aliphatic rings. The third-order valence-electron chi connectivity index (χ3n) is 1.84. The topological polar surface area (TPSA) is 26.3 Å². The predicted octanol–water partition coefficient (Wildman–Crippen LogP) is 2.03. The van der Waals surface area contributed by atoms with Crippen molar-refractivity contribution in [2.45, 2.75) is 40.2 Å². The molecule has 0 amide bonds. The lowest BCUT2D eigenvalue weighted by molar-refractivity contribution is -0.125. The highest BCUT2D eigenvalue weighted by atomic mass is 16.5. The fourth-order valence-corrected chi connectivity index (χ4v) is 0.519. The summed E-state index contributed by atoms with van der Waals surface area (Å²) in [5, 5.41) is 0. The van der Waals surface area contributed by atoms with Gasteiger partial charge in [-0.2, -0.15) is 0 Å². The zero-order valence-electron chi connectivity index (χ0n) is 7.89. The summed E-state index contributed by atoms with van der Waals surface area (Å²) in [6.07, 6.45) is 0.760. The maximum atomic E-state index is 10.8. The Hall–Kier alpha value is -0.370. The number of carbonyl (C=O) groups excluding carboxylic acids is 1. The van der Waals surface area contributed by atoms with Crippen LogP contribution in [0.4, 0.5) is 0 Å². The van der Waals surface area contributed by atoms with Gasteiger partial charge in [0.05, 0.1) is 6.10 Å². The lowest BCUT2D eigenvalue weighted by Gasteiger charge is -2.15. The van der Waals surface area contributed by atoms with Crippen LogP contribution in [0.5, 0.6) is 0 Å². The summed E-state index contributed by atoms with van der Waals surface area (Å²) in [6.45, 7) is 8.29. The molecule has 2 heteroatoms. The van der Waals surface area contributed by atoms with Crippen LogP contribution in [0, 0.1) is 5.92 Å². The molecule has 11 heavy (non-hydrogen) atoms. The van der Waals surface area contributed by atoms with Crippen molar-refractivity contribution in [3.8, 4) is 0 Å². The van der Waals surface area contributed by atoms with E-state index in [0.717, 1.165) is 0 Å². The van der Waals surface area contributed by atoms with Crippen molar-refractivity contribution in [2.24, 2.45) is 5.92 Å². The van der Waals surface area contributed by atoms with Crippen molar-refractivity contribution in [2.75, 3.05) is 6.61 Å². The molecule has 1 atom stereocenters. The molecule has 0 heterocycles. The van der Waals surface area contributed by atoms with Gasteiger partial charge in [-0.15, -0.1) is 0 Å². The molecule has 66 valence electrons. The van der Waals surface area contributed by atoms with Gasteiger partial charge in [-0.25, -0.2) is 0 Å². The second kappa shape index (κ2) is 5.30. The minimum absolute atomic E-state index is 0.178. The zero-order chi connectivity index (χ0) is 8.85. The van der Waals surface area contributed by atoms with Crippen molar-refractivity contribution in [3.63, 3.8) is 0 Å². The van der Waals surface area contributed by atoms with E-state index in [1.165, 1.54) is 0 Å². The van der Waals surface area contributed by atoms with Gasteiger partial charge in [0, 0.05) is 6.42 Å². The van der Waals surface area contributed by atoms with Crippen molar-refractivity contribution in [3.05, 3.63) is 0 Å². The highest BCUT2D eigenvalue weighted by molar-refractivity contribution is 5.79. The summed E-state index contributed by atoms with van der Waals surface area (Å²) in [7, 11) is 0. The SMILES string of the molecule is CCC(=O)COC(C)C(C)C. The number of Topliss-reactive ketones (excluding diaryl/α,β-unsaturated/α-hetero) is 1. The summed E-state index contributed by atoms with van der Waals surface area (Å²) in [5.41, 5.74) is 0. The zero-order valence-corrected chi connectivity index (χ0v) is 7.89. The minimum Gasteiger partial charge on any atom is -0.370 e. The first-order valence-corrected chi connectivity index (χ1v) is 4.21. The van der Waals surface area contributed by atoms with Gasteiger partial charge in [-0.3, -0.25) is 4.79 Å². The quantitative estimate of drug-likeness (QED) is 0.612. The van der Waals surface area contributed by atoms with Gasteiger partial charge in [0.25, 0.3) is 0 Å². The fourth-order valence-electron chi connectivity index (χ4n) is 0.519. The Morgan fingerprint density at radius 1 is 1.36 bits per heavy atom. The molecule has 0 aliphatic carbocycles. The fraction of sp³-hybridized carbons (Fsp3) is 0.889. The van der Waals surface area contributed by atoms with E-state index < -0.39 is 0 Å². The molecule has 0 fully saturated rings. The lowest BCUT2D eigenvalue weighted by Crippen LogP contribution is -2.19. The first-order chi connectivity index (χ1) is 5.07. The Morgan fingerprint density at radius 3 is 2.27 bits per heavy atom. The number of carbonyl (C=O) groups is 1. The van der Waals surface area contributed by atoms with E-state index in [0.29, 0.717) is 12.3 Å². The molecule has 1 unspecified atom stereocenters. The number of ketones is 1. The number of hydrogen-bond acceptors (Lipinski definition) is 2. The summed E-state index contributed by atoms with van der Waals surface area (Å²) >= 11 is 0. The second-order valence-electron chi connectivity index (χ2n) is 3.15. The molecule has 0 saturated heterocycles. The van der Waals surface area contributed by atoms with E-state index >= 15 is 0 Å². The molecule has 0 spiro atoms. The van der Waals surface area contributed by atoms with Gasteiger partial charge >= 0.3 is 0 Å². The first-order valence-electron chi connectivity index (χ1n) is 4.21. The Morgan fingerprint density at radius 2 is 1.91 bits per heavy atom. The van der Waals surface area contributed by atoms with E-state index in [4.69, 9.17) is 4.74 Å². The van der Waals surface area contributed by atoms with Crippen LogP contribution < -0.4 is 0 Å².